The van der Waals surface area contributed by atoms with Gasteiger partial charge in [0.05, 0.1) is 0 Å². The molecule has 3 rings (SSSR count). The van der Waals surface area contributed by atoms with Gasteiger partial charge in [0.1, 0.15) is 0 Å². The molecule has 1 fully saturated rings. The van der Waals surface area contributed by atoms with Crippen LogP contribution in [0.1, 0.15) is 24.5 Å². The van der Waals surface area contributed by atoms with Gasteiger partial charge in [0.15, 0.2) is 0 Å². The van der Waals surface area contributed by atoms with Crippen LogP contribution in [0, 0.1) is 0 Å². The molecule has 0 amide bonds. The number of nitrogens with one attached hydrogen (secondary N) is 1. The van der Waals surface area contributed by atoms with Gasteiger partial charge < -0.3 is 10.7 Å². The lowest BCUT2D eigenvalue weighted by molar-refractivity contribution is 1.06. The van der Waals surface area contributed by atoms with Gasteiger partial charge in [0, 0.05) is 22.3 Å². The zero-order valence-corrected chi connectivity index (χ0v) is 7.38. The number of nitrogen functional groups attached to an aromatic ring is 1. The van der Waals surface area contributed by atoms with E-state index in [1.807, 2.05) is 12.1 Å². The van der Waals surface area contributed by atoms with Gasteiger partial charge in [-0.25, -0.2) is 0 Å². The van der Waals surface area contributed by atoms with E-state index < -0.39 is 0 Å². The van der Waals surface area contributed by atoms with Crippen molar-refractivity contribution in [2.45, 2.75) is 18.8 Å². The molecule has 1 aromatic carbocycles. The molecule has 0 spiro atoms. The number of aromatic nitrogens is 1. The van der Waals surface area contributed by atoms with Crippen molar-refractivity contribution in [1.82, 2.24) is 4.98 Å². The minimum absolute atomic E-state index is 0.770. The summed E-state index contributed by atoms with van der Waals surface area (Å²) in [6, 6.07) is 8.22. The van der Waals surface area contributed by atoms with Crippen LogP contribution in [0.15, 0.2) is 24.3 Å². The van der Waals surface area contributed by atoms with Crippen LogP contribution in [-0.4, -0.2) is 4.98 Å². The van der Waals surface area contributed by atoms with Crippen LogP contribution in [0.5, 0.6) is 0 Å². The zero-order valence-electron chi connectivity index (χ0n) is 7.38. The van der Waals surface area contributed by atoms with Crippen molar-refractivity contribution in [3.63, 3.8) is 0 Å². The Morgan fingerprint density at radius 3 is 2.85 bits per heavy atom. The second kappa shape index (κ2) is 2.28. The first-order valence-corrected chi connectivity index (χ1v) is 4.72. The Morgan fingerprint density at radius 2 is 2.15 bits per heavy atom. The molecular weight excluding hydrogens is 160 g/mol. The summed E-state index contributed by atoms with van der Waals surface area (Å²) in [6.45, 7) is 0. The predicted octanol–water partition coefficient (Wildman–Crippen LogP) is 2.63. The van der Waals surface area contributed by atoms with Crippen molar-refractivity contribution in [3.05, 3.63) is 30.0 Å². The number of benzene rings is 1. The maximum atomic E-state index is 5.87. The van der Waals surface area contributed by atoms with Crippen molar-refractivity contribution in [2.75, 3.05) is 5.73 Å². The molecule has 1 heterocycles. The van der Waals surface area contributed by atoms with Gasteiger partial charge in [-0.15, -0.1) is 0 Å². The number of fused-ring (bicyclic) bond motifs is 1. The van der Waals surface area contributed by atoms with Crippen LogP contribution in [0.25, 0.3) is 10.9 Å². The summed E-state index contributed by atoms with van der Waals surface area (Å²) in [5.74, 6) is 0.770. The molecule has 3 N–H and O–H groups in total. The van der Waals surface area contributed by atoms with E-state index in [9.17, 15) is 0 Å². The van der Waals surface area contributed by atoms with E-state index in [2.05, 4.69) is 17.1 Å². The largest absolute Gasteiger partial charge is 0.398 e. The number of anilines is 1. The van der Waals surface area contributed by atoms with Crippen molar-refractivity contribution >= 4 is 16.6 Å². The average Bonchev–Trinajstić information content (AvgIpc) is 2.87. The van der Waals surface area contributed by atoms with Gasteiger partial charge in [-0.2, -0.15) is 0 Å². The first-order valence-electron chi connectivity index (χ1n) is 4.72. The molecule has 1 saturated carbocycles. The third-order valence-corrected chi connectivity index (χ3v) is 2.74. The summed E-state index contributed by atoms with van der Waals surface area (Å²) in [5, 5.41) is 1.17. The van der Waals surface area contributed by atoms with Gasteiger partial charge in [-0.05, 0) is 37.0 Å². The van der Waals surface area contributed by atoms with Gasteiger partial charge >= 0.3 is 0 Å². The van der Waals surface area contributed by atoms with Crippen LogP contribution in [0.4, 0.5) is 5.69 Å². The number of aromatic amines is 1. The Balaban J connectivity index is 2.26. The van der Waals surface area contributed by atoms with E-state index in [1.165, 1.54) is 29.4 Å². The Bertz CT molecular complexity index is 452. The molecule has 2 nitrogen and oxygen atoms in total. The molecule has 0 saturated heterocycles. The van der Waals surface area contributed by atoms with Crippen LogP contribution in [0.3, 0.4) is 0 Å². The van der Waals surface area contributed by atoms with Crippen LogP contribution in [0.2, 0.25) is 0 Å². The van der Waals surface area contributed by atoms with Crippen molar-refractivity contribution < 1.29 is 0 Å². The topological polar surface area (TPSA) is 41.8 Å². The van der Waals surface area contributed by atoms with Gasteiger partial charge in [-0.1, -0.05) is 6.07 Å². The highest BCUT2D eigenvalue weighted by Gasteiger charge is 2.25. The van der Waals surface area contributed by atoms with E-state index >= 15 is 0 Å². The van der Waals surface area contributed by atoms with Gasteiger partial charge in [0.25, 0.3) is 0 Å². The van der Waals surface area contributed by atoms with E-state index in [1.54, 1.807) is 0 Å². The monoisotopic (exact) mass is 172 g/mol. The molecule has 2 heteroatoms. The molecule has 2 aromatic rings. The second-order valence-electron chi connectivity index (χ2n) is 3.81. The average molecular weight is 172 g/mol. The van der Waals surface area contributed by atoms with Gasteiger partial charge in [-0.3, -0.25) is 0 Å². The summed E-state index contributed by atoms with van der Waals surface area (Å²) in [5.41, 5.74) is 9.27. The molecule has 0 atom stereocenters. The highest BCUT2D eigenvalue weighted by atomic mass is 14.7. The first-order chi connectivity index (χ1) is 6.34. The highest BCUT2D eigenvalue weighted by molar-refractivity contribution is 5.91. The van der Waals surface area contributed by atoms with Crippen LogP contribution >= 0.6 is 0 Å². The number of H-pyrrole nitrogens is 1. The molecule has 66 valence electrons. The molecule has 0 bridgehead atoms. The fourth-order valence-electron chi connectivity index (χ4n) is 1.81. The molecule has 0 radical (unpaired) electrons. The number of hydrogen-bond acceptors (Lipinski definition) is 1. The molecule has 0 unspecified atom stereocenters. The predicted molar refractivity (Wildman–Crippen MR) is 54.7 cm³/mol. The summed E-state index contributed by atoms with van der Waals surface area (Å²) in [4.78, 5) is 3.42. The lowest BCUT2D eigenvalue weighted by Gasteiger charge is -1.92. The lowest BCUT2D eigenvalue weighted by Crippen LogP contribution is -1.82. The molecule has 1 aromatic heterocycles. The third kappa shape index (κ3) is 1.02. The summed E-state index contributed by atoms with van der Waals surface area (Å²) < 4.78 is 0. The number of nitrogens with two attached hydrogens (primary N) is 1. The lowest BCUT2D eigenvalue weighted by atomic mass is 10.2. The van der Waals surface area contributed by atoms with Crippen LogP contribution < -0.4 is 5.73 Å². The minimum atomic E-state index is 0.770. The van der Waals surface area contributed by atoms with E-state index in [4.69, 9.17) is 5.73 Å². The molecule has 1 aliphatic rings. The van der Waals surface area contributed by atoms with Crippen LogP contribution in [-0.2, 0) is 0 Å². The molecule has 13 heavy (non-hydrogen) atoms. The van der Waals surface area contributed by atoms with Crippen molar-refractivity contribution in [2.24, 2.45) is 0 Å². The quantitative estimate of drug-likeness (QED) is 0.638. The standard InChI is InChI=1S/C11H12N2/c12-9-2-1-3-10-8(9)6-11(13-10)7-4-5-7/h1-3,6-7,13H,4-5,12H2. The Morgan fingerprint density at radius 1 is 1.31 bits per heavy atom. The smallest absolute Gasteiger partial charge is 0.0477 e. The van der Waals surface area contributed by atoms with E-state index in [0.29, 0.717) is 0 Å². The minimum Gasteiger partial charge on any atom is -0.398 e. The maximum Gasteiger partial charge on any atom is 0.0477 e. The molecular formula is C11H12N2. The Hall–Kier alpha value is -1.44. The zero-order chi connectivity index (χ0) is 8.84. The normalized spacial score (nSPS) is 16.6. The van der Waals surface area contributed by atoms with Crippen molar-refractivity contribution in [1.29, 1.82) is 0 Å². The van der Waals surface area contributed by atoms with Gasteiger partial charge in [0.2, 0.25) is 0 Å². The first kappa shape index (κ1) is 7.01. The number of hydrogen-bond donors (Lipinski definition) is 2. The fraction of sp³-hybridized carbons (Fsp3) is 0.273. The SMILES string of the molecule is Nc1cccc2[nH]c(C3CC3)cc12. The Kier molecular flexibility index (Phi) is 1.23. The fourth-order valence-corrected chi connectivity index (χ4v) is 1.81. The Labute approximate surface area is 76.8 Å². The molecule has 1 aliphatic carbocycles. The second-order valence-corrected chi connectivity index (χ2v) is 3.81. The van der Waals surface area contributed by atoms with E-state index in [-0.39, 0.29) is 0 Å². The third-order valence-electron chi connectivity index (χ3n) is 2.74. The maximum absolute atomic E-state index is 5.87. The van der Waals surface area contributed by atoms with Crippen molar-refractivity contribution in [3.8, 4) is 0 Å². The highest BCUT2D eigenvalue weighted by Crippen LogP contribution is 2.41. The number of rotatable bonds is 1. The van der Waals surface area contributed by atoms with E-state index in [0.717, 1.165) is 11.6 Å². The summed E-state index contributed by atoms with van der Waals surface area (Å²) in [6.07, 6.45) is 2.65. The summed E-state index contributed by atoms with van der Waals surface area (Å²) in [7, 11) is 0. The molecule has 0 aliphatic heterocycles. The summed E-state index contributed by atoms with van der Waals surface area (Å²) >= 11 is 0.